The summed E-state index contributed by atoms with van der Waals surface area (Å²) in [6.45, 7) is 0. The molecule has 62 valence electrons. The standard InChI is InChI=1S/C9H10N2S/c1-2-7-12-9-10-5-6-11(9)8-3-4-8/h1,5-6,8H,3-4,7H2. The van der Waals surface area contributed by atoms with Crippen molar-refractivity contribution in [2.24, 2.45) is 0 Å². The van der Waals surface area contributed by atoms with E-state index in [-0.39, 0.29) is 0 Å². The minimum Gasteiger partial charge on any atom is -0.323 e. The van der Waals surface area contributed by atoms with E-state index in [1.54, 1.807) is 11.8 Å². The van der Waals surface area contributed by atoms with Gasteiger partial charge in [0.1, 0.15) is 0 Å². The van der Waals surface area contributed by atoms with Crippen LogP contribution in [0.3, 0.4) is 0 Å². The number of rotatable bonds is 3. The van der Waals surface area contributed by atoms with Crippen molar-refractivity contribution >= 4 is 11.8 Å². The molecule has 0 atom stereocenters. The molecule has 2 rings (SSSR count). The van der Waals surface area contributed by atoms with Crippen molar-refractivity contribution in [3.8, 4) is 12.3 Å². The molecule has 1 fully saturated rings. The lowest BCUT2D eigenvalue weighted by molar-refractivity contribution is 0.663. The second kappa shape index (κ2) is 3.24. The van der Waals surface area contributed by atoms with Crippen molar-refractivity contribution in [3.63, 3.8) is 0 Å². The number of hydrogen-bond donors (Lipinski definition) is 0. The molecule has 1 saturated carbocycles. The lowest BCUT2D eigenvalue weighted by Gasteiger charge is -2.02. The first-order valence-electron chi connectivity index (χ1n) is 4.01. The van der Waals surface area contributed by atoms with Crippen LogP contribution in [-0.2, 0) is 0 Å². The first-order chi connectivity index (χ1) is 5.92. The van der Waals surface area contributed by atoms with Crippen LogP contribution >= 0.6 is 11.8 Å². The van der Waals surface area contributed by atoms with Gasteiger partial charge in [-0.15, -0.1) is 6.42 Å². The van der Waals surface area contributed by atoms with Crippen molar-refractivity contribution < 1.29 is 0 Å². The molecule has 0 bridgehead atoms. The molecule has 0 aromatic carbocycles. The van der Waals surface area contributed by atoms with E-state index in [2.05, 4.69) is 15.5 Å². The fourth-order valence-electron chi connectivity index (χ4n) is 1.15. The quantitative estimate of drug-likeness (QED) is 0.520. The van der Waals surface area contributed by atoms with Crippen LogP contribution in [0.25, 0.3) is 0 Å². The Morgan fingerprint density at radius 1 is 1.75 bits per heavy atom. The summed E-state index contributed by atoms with van der Waals surface area (Å²) in [7, 11) is 0. The van der Waals surface area contributed by atoms with Gasteiger partial charge in [-0.25, -0.2) is 4.98 Å². The van der Waals surface area contributed by atoms with Gasteiger partial charge in [-0.1, -0.05) is 17.7 Å². The summed E-state index contributed by atoms with van der Waals surface area (Å²) >= 11 is 1.64. The Kier molecular flexibility index (Phi) is 2.09. The van der Waals surface area contributed by atoms with E-state index in [9.17, 15) is 0 Å². The molecule has 0 spiro atoms. The summed E-state index contributed by atoms with van der Waals surface area (Å²) < 4.78 is 2.22. The summed E-state index contributed by atoms with van der Waals surface area (Å²) in [6.07, 6.45) is 11.6. The van der Waals surface area contributed by atoms with Gasteiger partial charge in [-0.3, -0.25) is 0 Å². The van der Waals surface area contributed by atoms with Gasteiger partial charge in [-0.2, -0.15) is 0 Å². The van der Waals surface area contributed by atoms with Gasteiger partial charge in [0, 0.05) is 18.4 Å². The average Bonchev–Trinajstić information content (AvgIpc) is 2.83. The fraction of sp³-hybridized carbons (Fsp3) is 0.444. The molecular weight excluding hydrogens is 168 g/mol. The summed E-state index contributed by atoms with van der Waals surface area (Å²) in [5.74, 6) is 3.31. The van der Waals surface area contributed by atoms with Gasteiger partial charge in [0.25, 0.3) is 0 Å². The van der Waals surface area contributed by atoms with E-state index < -0.39 is 0 Å². The molecular formula is C9H10N2S. The molecule has 1 aromatic heterocycles. The van der Waals surface area contributed by atoms with Crippen LogP contribution in [0, 0.1) is 12.3 Å². The monoisotopic (exact) mass is 178 g/mol. The Morgan fingerprint density at radius 3 is 3.25 bits per heavy atom. The maximum Gasteiger partial charge on any atom is 0.169 e. The summed E-state index contributed by atoms with van der Waals surface area (Å²) in [5.41, 5.74) is 0. The highest BCUT2D eigenvalue weighted by Gasteiger charge is 2.25. The highest BCUT2D eigenvalue weighted by molar-refractivity contribution is 7.99. The van der Waals surface area contributed by atoms with E-state index >= 15 is 0 Å². The third kappa shape index (κ3) is 1.49. The first kappa shape index (κ1) is 7.75. The largest absolute Gasteiger partial charge is 0.323 e. The molecule has 3 heteroatoms. The van der Waals surface area contributed by atoms with Crippen LogP contribution < -0.4 is 0 Å². The van der Waals surface area contributed by atoms with Crippen LogP contribution in [0.2, 0.25) is 0 Å². The van der Waals surface area contributed by atoms with Gasteiger partial charge in [0.2, 0.25) is 0 Å². The van der Waals surface area contributed by atoms with Gasteiger partial charge in [-0.05, 0) is 12.8 Å². The van der Waals surface area contributed by atoms with Crippen LogP contribution in [0.5, 0.6) is 0 Å². The van der Waals surface area contributed by atoms with Crippen LogP contribution in [0.15, 0.2) is 17.6 Å². The molecule has 12 heavy (non-hydrogen) atoms. The Hall–Kier alpha value is -0.880. The number of thioether (sulfide) groups is 1. The molecule has 2 nitrogen and oxygen atoms in total. The van der Waals surface area contributed by atoms with Gasteiger partial charge in [0.05, 0.1) is 5.75 Å². The molecule has 1 aliphatic carbocycles. The van der Waals surface area contributed by atoms with Crippen molar-refractivity contribution in [2.45, 2.75) is 24.0 Å². The van der Waals surface area contributed by atoms with E-state index in [1.165, 1.54) is 12.8 Å². The summed E-state index contributed by atoms with van der Waals surface area (Å²) in [6, 6.07) is 0.702. The van der Waals surface area contributed by atoms with E-state index in [1.807, 2.05) is 12.4 Å². The maximum absolute atomic E-state index is 5.18. The van der Waals surface area contributed by atoms with Crippen LogP contribution in [-0.4, -0.2) is 15.3 Å². The molecule has 0 aliphatic heterocycles. The number of aromatic nitrogens is 2. The van der Waals surface area contributed by atoms with E-state index in [0.29, 0.717) is 11.8 Å². The highest BCUT2D eigenvalue weighted by atomic mass is 32.2. The SMILES string of the molecule is C#CCSc1nccn1C1CC1. The number of hydrogen-bond acceptors (Lipinski definition) is 2. The maximum atomic E-state index is 5.18. The fourth-order valence-corrected chi connectivity index (χ4v) is 1.85. The second-order valence-electron chi connectivity index (χ2n) is 2.84. The molecule has 1 aromatic rings. The number of nitrogens with zero attached hydrogens (tertiary/aromatic N) is 2. The summed E-state index contributed by atoms with van der Waals surface area (Å²) in [5, 5.41) is 1.07. The zero-order valence-corrected chi connectivity index (χ0v) is 7.55. The third-order valence-corrected chi connectivity index (χ3v) is 2.74. The molecule has 0 amide bonds. The molecule has 0 saturated heterocycles. The topological polar surface area (TPSA) is 17.8 Å². The molecule has 1 heterocycles. The summed E-state index contributed by atoms with van der Waals surface area (Å²) in [4.78, 5) is 4.25. The molecule has 0 N–H and O–H groups in total. The Morgan fingerprint density at radius 2 is 2.58 bits per heavy atom. The van der Waals surface area contributed by atoms with Gasteiger partial charge < -0.3 is 4.57 Å². The van der Waals surface area contributed by atoms with E-state index in [4.69, 9.17) is 6.42 Å². The Balaban J connectivity index is 2.09. The zero-order chi connectivity index (χ0) is 8.39. The smallest absolute Gasteiger partial charge is 0.169 e. The van der Waals surface area contributed by atoms with Gasteiger partial charge in [0.15, 0.2) is 5.16 Å². The lowest BCUT2D eigenvalue weighted by atomic mass is 10.7. The number of imidazole rings is 1. The van der Waals surface area contributed by atoms with E-state index in [0.717, 1.165) is 5.16 Å². The predicted octanol–water partition coefficient (Wildman–Crippen LogP) is 1.94. The van der Waals surface area contributed by atoms with Gasteiger partial charge >= 0.3 is 0 Å². The van der Waals surface area contributed by atoms with Crippen molar-refractivity contribution in [1.82, 2.24) is 9.55 Å². The first-order valence-corrected chi connectivity index (χ1v) is 4.99. The molecule has 0 unspecified atom stereocenters. The third-order valence-electron chi connectivity index (χ3n) is 1.86. The van der Waals surface area contributed by atoms with Crippen molar-refractivity contribution in [1.29, 1.82) is 0 Å². The zero-order valence-electron chi connectivity index (χ0n) is 6.73. The van der Waals surface area contributed by atoms with Crippen molar-refractivity contribution in [3.05, 3.63) is 12.4 Å². The van der Waals surface area contributed by atoms with Crippen LogP contribution in [0.1, 0.15) is 18.9 Å². The lowest BCUT2D eigenvalue weighted by Crippen LogP contribution is -1.94. The average molecular weight is 178 g/mol. The highest BCUT2D eigenvalue weighted by Crippen LogP contribution is 2.37. The van der Waals surface area contributed by atoms with Crippen LogP contribution in [0.4, 0.5) is 0 Å². The van der Waals surface area contributed by atoms with Crippen molar-refractivity contribution in [2.75, 3.05) is 5.75 Å². The normalized spacial score (nSPS) is 15.9. The Bertz CT molecular complexity index is 307. The minimum atomic E-state index is 0.702. The minimum absolute atomic E-state index is 0.702. The molecule has 0 radical (unpaired) electrons. The second-order valence-corrected chi connectivity index (χ2v) is 3.78. The Labute approximate surface area is 76.4 Å². The predicted molar refractivity (Wildman–Crippen MR) is 50.1 cm³/mol. The number of terminal acetylenes is 1. The molecule has 1 aliphatic rings.